The Morgan fingerprint density at radius 3 is 1.67 bits per heavy atom. The SMILES string of the molecule is CCCCCCCCCCCCOP(=O)(O)O.[H-].[Na+]. The van der Waals surface area contributed by atoms with Gasteiger partial charge in [-0.15, -0.1) is 0 Å². The van der Waals surface area contributed by atoms with E-state index in [1.165, 1.54) is 44.9 Å². The van der Waals surface area contributed by atoms with Crippen LogP contribution in [0.15, 0.2) is 0 Å². The molecule has 0 bridgehead atoms. The van der Waals surface area contributed by atoms with Gasteiger partial charge in [-0.3, -0.25) is 4.52 Å². The van der Waals surface area contributed by atoms with Gasteiger partial charge < -0.3 is 11.2 Å². The molecule has 0 saturated heterocycles. The first kappa shape index (κ1) is 21.4. The van der Waals surface area contributed by atoms with E-state index in [2.05, 4.69) is 11.4 Å². The number of rotatable bonds is 12. The molecular formula is C12H28NaO4P. The molecule has 0 aliphatic carbocycles. The zero-order valence-electron chi connectivity index (χ0n) is 12.9. The molecule has 0 aromatic rings. The van der Waals surface area contributed by atoms with Crippen LogP contribution >= 0.6 is 7.82 Å². The van der Waals surface area contributed by atoms with Crippen molar-refractivity contribution in [3.8, 4) is 0 Å². The summed E-state index contributed by atoms with van der Waals surface area (Å²) in [6.07, 6.45) is 12.0. The average Bonchev–Trinajstić information content (AvgIpc) is 2.24. The van der Waals surface area contributed by atoms with E-state index in [1.807, 2.05) is 0 Å². The van der Waals surface area contributed by atoms with Crippen molar-refractivity contribution in [3.05, 3.63) is 0 Å². The summed E-state index contributed by atoms with van der Waals surface area (Å²) < 4.78 is 14.7. The van der Waals surface area contributed by atoms with Crippen LogP contribution in [-0.4, -0.2) is 16.4 Å². The van der Waals surface area contributed by atoms with Gasteiger partial charge in [0.1, 0.15) is 0 Å². The predicted molar refractivity (Wildman–Crippen MR) is 71.0 cm³/mol. The van der Waals surface area contributed by atoms with Crippen LogP contribution in [0.25, 0.3) is 0 Å². The van der Waals surface area contributed by atoms with Crippen molar-refractivity contribution in [2.24, 2.45) is 0 Å². The largest absolute Gasteiger partial charge is 1.00 e. The van der Waals surface area contributed by atoms with Crippen molar-refractivity contribution in [2.75, 3.05) is 6.61 Å². The monoisotopic (exact) mass is 290 g/mol. The topological polar surface area (TPSA) is 66.8 Å². The standard InChI is InChI=1S/C12H27O4P.Na.H/c1-2-3-4-5-6-7-8-9-10-11-12-16-17(13,14)15;;/h2-12H2,1H3,(H2,13,14,15);;/q;+1;-1. The zero-order chi connectivity index (χ0) is 13.0. The molecule has 2 N–H and O–H groups in total. The fraction of sp³-hybridized carbons (Fsp3) is 1.00. The van der Waals surface area contributed by atoms with Crippen LogP contribution in [0.2, 0.25) is 0 Å². The van der Waals surface area contributed by atoms with Gasteiger partial charge in [-0.2, -0.15) is 0 Å². The molecule has 0 aromatic heterocycles. The predicted octanol–water partition coefficient (Wildman–Crippen LogP) is 1.13. The van der Waals surface area contributed by atoms with E-state index in [-0.39, 0.29) is 37.6 Å². The Kier molecular flexibility index (Phi) is 17.3. The minimum absolute atomic E-state index is 0. The molecule has 0 fully saturated rings. The third-order valence-corrected chi connectivity index (χ3v) is 3.28. The molecular weight excluding hydrogens is 262 g/mol. The van der Waals surface area contributed by atoms with Gasteiger partial charge in [0.15, 0.2) is 0 Å². The van der Waals surface area contributed by atoms with E-state index >= 15 is 0 Å². The van der Waals surface area contributed by atoms with Crippen LogP contribution in [0.5, 0.6) is 0 Å². The van der Waals surface area contributed by atoms with Crippen LogP contribution in [-0.2, 0) is 9.09 Å². The Bertz CT molecular complexity index is 214. The first-order chi connectivity index (χ1) is 8.06. The molecule has 0 aliphatic heterocycles. The normalized spacial score (nSPS) is 11.3. The Hall–Kier alpha value is 1.11. The Morgan fingerprint density at radius 2 is 1.28 bits per heavy atom. The molecule has 6 heteroatoms. The number of phosphoric acid groups is 1. The molecule has 0 saturated carbocycles. The van der Waals surface area contributed by atoms with Crippen molar-refractivity contribution in [3.63, 3.8) is 0 Å². The third kappa shape index (κ3) is 19.4. The second kappa shape index (κ2) is 14.5. The van der Waals surface area contributed by atoms with Crippen molar-refractivity contribution >= 4 is 7.82 Å². The molecule has 0 spiro atoms. The van der Waals surface area contributed by atoms with Crippen LogP contribution in [0, 0.1) is 0 Å². The smallest absolute Gasteiger partial charge is 1.00 e. The first-order valence-corrected chi connectivity index (χ1v) is 8.29. The van der Waals surface area contributed by atoms with Gasteiger partial charge in [-0.1, -0.05) is 64.7 Å². The molecule has 0 heterocycles. The molecule has 0 atom stereocenters. The summed E-state index contributed by atoms with van der Waals surface area (Å²) in [5.41, 5.74) is 0. The maximum atomic E-state index is 10.4. The van der Waals surface area contributed by atoms with Crippen LogP contribution < -0.4 is 29.6 Å². The molecule has 0 aromatic carbocycles. The van der Waals surface area contributed by atoms with E-state index in [0.29, 0.717) is 0 Å². The minimum atomic E-state index is -4.24. The summed E-state index contributed by atoms with van der Waals surface area (Å²) in [5, 5.41) is 0. The molecule has 0 amide bonds. The van der Waals surface area contributed by atoms with Gasteiger partial charge in [0, 0.05) is 0 Å². The van der Waals surface area contributed by atoms with Gasteiger partial charge in [0.05, 0.1) is 6.61 Å². The Morgan fingerprint density at radius 1 is 0.889 bits per heavy atom. The minimum Gasteiger partial charge on any atom is -1.00 e. The van der Waals surface area contributed by atoms with Crippen LogP contribution in [0.4, 0.5) is 0 Å². The van der Waals surface area contributed by atoms with E-state index in [0.717, 1.165) is 19.3 Å². The Labute approximate surface area is 135 Å². The summed E-state index contributed by atoms with van der Waals surface area (Å²) in [7, 11) is -4.24. The molecule has 0 rings (SSSR count). The van der Waals surface area contributed by atoms with Crippen molar-refractivity contribution < 1.29 is 49.9 Å². The molecule has 0 radical (unpaired) electrons. The summed E-state index contributed by atoms with van der Waals surface area (Å²) >= 11 is 0. The molecule has 4 nitrogen and oxygen atoms in total. The van der Waals surface area contributed by atoms with E-state index in [1.54, 1.807) is 0 Å². The van der Waals surface area contributed by atoms with E-state index in [9.17, 15) is 4.57 Å². The Balaban J connectivity index is -0.00000128. The molecule has 0 unspecified atom stereocenters. The van der Waals surface area contributed by atoms with Crippen molar-refractivity contribution in [2.45, 2.75) is 71.1 Å². The summed E-state index contributed by atoms with van der Waals surface area (Å²) in [4.78, 5) is 16.9. The molecule has 18 heavy (non-hydrogen) atoms. The fourth-order valence-corrected chi connectivity index (χ4v) is 2.14. The fourth-order valence-electron chi connectivity index (χ4n) is 1.77. The third-order valence-electron chi connectivity index (χ3n) is 2.76. The van der Waals surface area contributed by atoms with Gasteiger partial charge in [-0.05, 0) is 6.42 Å². The van der Waals surface area contributed by atoms with Gasteiger partial charge in [0.2, 0.25) is 0 Å². The second-order valence-electron chi connectivity index (χ2n) is 4.51. The number of phosphoric ester groups is 1. The van der Waals surface area contributed by atoms with Gasteiger partial charge in [-0.25, -0.2) is 4.57 Å². The second-order valence-corrected chi connectivity index (χ2v) is 5.75. The summed E-state index contributed by atoms with van der Waals surface area (Å²) in [6, 6.07) is 0. The van der Waals surface area contributed by atoms with Crippen LogP contribution in [0.3, 0.4) is 0 Å². The number of hydrogen-bond acceptors (Lipinski definition) is 2. The maximum Gasteiger partial charge on any atom is 1.00 e. The van der Waals surface area contributed by atoms with E-state index < -0.39 is 7.82 Å². The van der Waals surface area contributed by atoms with Gasteiger partial charge in [0.25, 0.3) is 0 Å². The number of unbranched alkanes of at least 4 members (excludes halogenated alkanes) is 9. The van der Waals surface area contributed by atoms with E-state index in [4.69, 9.17) is 9.79 Å². The first-order valence-electron chi connectivity index (χ1n) is 6.76. The van der Waals surface area contributed by atoms with Gasteiger partial charge >= 0.3 is 37.4 Å². The molecule has 0 aliphatic rings. The van der Waals surface area contributed by atoms with Crippen molar-refractivity contribution in [1.29, 1.82) is 0 Å². The number of hydrogen-bond donors (Lipinski definition) is 2. The average molecular weight is 290 g/mol. The summed E-state index contributed by atoms with van der Waals surface area (Å²) in [6.45, 7) is 2.39. The maximum absolute atomic E-state index is 10.4. The van der Waals surface area contributed by atoms with Crippen LogP contribution in [0.1, 0.15) is 72.6 Å². The summed E-state index contributed by atoms with van der Waals surface area (Å²) in [5.74, 6) is 0. The molecule has 106 valence electrons. The van der Waals surface area contributed by atoms with Crippen molar-refractivity contribution in [1.82, 2.24) is 0 Å². The zero-order valence-corrected chi connectivity index (χ0v) is 14.8. The quantitative estimate of drug-likeness (QED) is 0.321.